The van der Waals surface area contributed by atoms with Crippen molar-refractivity contribution in [3.05, 3.63) is 101 Å². The van der Waals surface area contributed by atoms with E-state index in [1.54, 1.807) is 30.3 Å². The Kier molecular flexibility index (Phi) is 7.97. The minimum absolute atomic E-state index is 0.0210. The number of carbonyl (C=O) groups excluding carboxylic acids is 1. The average Bonchev–Trinajstić information content (AvgIpc) is 2.78. The van der Waals surface area contributed by atoms with Gasteiger partial charge in [0.2, 0.25) is 10.0 Å². The molecule has 8 heteroatoms. The van der Waals surface area contributed by atoms with Gasteiger partial charge in [0.15, 0.2) is 0 Å². The summed E-state index contributed by atoms with van der Waals surface area (Å²) in [7, 11) is -3.70. The Morgan fingerprint density at radius 1 is 0.938 bits per heavy atom. The van der Waals surface area contributed by atoms with Gasteiger partial charge in [-0.15, -0.1) is 0 Å². The Labute approximate surface area is 187 Å². The number of anilines is 1. The maximum absolute atomic E-state index is 14.1. The Bertz CT molecular complexity index is 1140. The third kappa shape index (κ3) is 6.63. The van der Waals surface area contributed by atoms with Crippen LogP contribution >= 0.6 is 0 Å². The van der Waals surface area contributed by atoms with Crippen LogP contribution in [0.2, 0.25) is 0 Å². The van der Waals surface area contributed by atoms with Crippen molar-refractivity contribution in [1.82, 2.24) is 5.32 Å². The van der Waals surface area contributed by atoms with Crippen LogP contribution < -0.4 is 9.62 Å². The first-order valence-corrected chi connectivity index (χ1v) is 11.9. The number of nitrogens with zero attached hydrogens (tertiary/aromatic N) is 1. The second kappa shape index (κ2) is 10.9. The molecule has 0 saturated heterocycles. The maximum atomic E-state index is 14.1. The molecule has 0 saturated carbocycles. The molecule has 0 fully saturated rings. The molecule has 0 radical (unpaired) electrons. The van der Waals surface area contributed by atoms with Crippen LogP contribution in [0.15, 0.2) is 78.9 Å². The molecule has 0 heterocycles. The van der Waals surface area contributed by atoms with Crippen molar-refractivity contribution >= 4 is 21.6 Å². The smallest absolute Gasteiger partial charge is 0.251 e. The van der Waals surface area contributed by atoms with Gasteiger partial charge in [0, 0.05) is 12.1 Å². The second-order valence-electron chi connectivity index (χ2n) is 7.21. The molecule has 0 spiro atoms. The molecule has 0 atom stereocenters. The summed E-state index contributed by atoms with van der Waals surface area (Å²) in [5.74, 6) is -0.877. The summed E-state index contributed by atoms with van der Waals surface area (Å²) in [4.78, 5) is 12.3. The quantitative estimate of drug-likeness (QED) is 0.472. The van der Waals surface area contributed by atoms with Gasteiger partial charge >= 0.3 is 0 Å². The number of halogens is 1. The average molecular weight is 457 g/mol. The molecule has 0 aliphatic heterocycles. The Morgan fingerprint density at radius 3 is 2.25 bits per heavy atom. The number of benzene rings is 3. The number of sulfonamides is 1. The van der Waals surface area contributed by atoms with Crippen LogP contribution in [0.3, 0.4) is 0 Å². The summed E-state index contributed by atoms with van der Waals surface area (Å²) in [5.41, 5.74) is 2.11. The van der Waals surface area contributed by atoms with Crippen LogP contribution in [0.25, 0.3) is 0 Å². The fourth-order valence-corrected chi connectivity index (χ4v) is 3.95. The zero-order chi connectivity index (χ0) is 23.0. The fraction of sp³-hybridized carbons (Fsp3) is 0.208. The van der Waals surface area contributed by atoms with Gasteiger partial charge in [-0.05, 0) is 35.4 Å². The van der Waals surface area contributed by atoms with Gasteiger partial charge in [0.25, 0.3) is 5.91 Å². The van der Waals surface area contributed by atoms with Gasteiger partial charge in [0.05, 0.1) is 31.7 Å². The van der Waals surface area contributed by atoms with Gasteiger partial charge in [-0.2, -0.15) is 0 Å². The number of nitrogens with one attached hydrogen (secondary N) is 1. The first kappa shape index (κ1) is 23.4. The molecular formula is C24H25FN2O4S. The van der Waals surface area contributed by atoms with Crippen molar-refractivity contribution in [3.8, 4) is 0 Å². The number of ether oxygens (including phenoxy) is 1. The number of carbonyl (C=O) groups is 1. The molecule has 1 N–H and O–H groups in total. The molecular weight excluding hydrogens is 431 g/mol. The largest absolute Gasteiger partial charge is 0.375 e. The highest BCUT2D eigenvalue weighted by molar-refractivity contribution is 7.92. The van der Waals surface area contributed by atoms with Crippen molar-refractivity contribution in [3.63, 3.8) is 0 Å². The lowest BCUT2D eigenvalue weighted by atomic mass is 10.1. The van der Waals surface area contributed by atoms with E-state index < -0.39 is 15.8 Å². The van der Waals surface area contributed by atoms with Crippen molar-refractivity contribution in [2.75, 3.05) is 23.7 Å². The zero-order valence-electron chi connectivity index (χ0n) is 17.7. The Hall–Kier alpha value is -3.23. The monoisotopic (exact) mass is 456 g/mol. The summed E-state index contributed by atoms with van der Waals surface area (Å²) in [6.07, 6.45) is 1.03. The molecule has 168 valence electrons. The number of para-hydroxylation sites is 1. The van der Waals surface area contributed by atoms with E-state index >= 15 is 0 Å². The molecule has 0 unspecified atom stereocenters. The summed E-state index contributed by atoms with van der Waals surface area (Å²) >= 11 is 0. The third-order valence-corrected chi connectivity index (χ3v) is 5.83. The maximum Gasteiger partial charge on any atom is 0.251 e. The predicted molar refractivity (Wildman–Crippen MR) is 122 cm³/mol. The topological polar surface area (TPSA) is 75.7 Å². The van der Waals surface area contributed by atoms with E-state index in [0.717, 1.165) is 16.1 Å². The molecule has 0 aliphatic rings. The SMILES string of the molecule is CS(=O)(=O)N(Cc1ccc(C(=O)NCCOCc2ccccc2)cc1)c1ccccc1F. The summed E-state index contributed by atoms with van der Waals surface area (Å²) in [6.45, 7) is 1.17. The van der Waals surface area contributed by atoms with Gasteiger partial charge in [-0.25, -0.2) is 12.8 Å². The number of hydrogen-bond acceptors (Lipinski definition) is 4. The summed E-state index contributed by atoms with van der Waals surface area (Å²) in [5, 5.41) is 2.78. The summed E-state index contributed by atoms with van der Waals surface area (Å²) < 4.78 is 45.1. The third-order valence-electron chi connectivity index (χ3n) is 4.71. The van der Waals surface area contributed by atoms with Crippen molar-refractivity contribution in [2.45, 2.75) is 13.2 Å². The lowest BCUT2D eigenvalue weighted by Crippen LogP contribution is -2.30. The van der Waals surface area contributed by atoms with E-state index in [1.807, 2.05) is 30.3 Å². The molecule has 32 heavy (non-hydrogen) atoms. The molecule has 1 amide bonds. The van der Waals surface area contributed by atoms with E-state index in [0.29, 0.717) is 30.9 Å². The van der Waals surface area contributed by atoms with E-state index in [9.17, 15) is 17.6 Å². The van der Waals surface area contributed by atoms with Crippen LogP contribution in [0, 0.1) is 5.82 Å². The minimum atomic E-state index is -3.70. The molecule has 0 aromatic heterocycles. The predicted octanol–water partition coefficient (Wildman–Crippen LogP) is 3.74. The highest BCUT2D eigenvalue weighted by atomic mass is 32.2. The molecule has 0 aliphatic carbocycles. The van der Waals surface area contributed by atoms with Crippen molar-refractivity contribution in [2.24, 2.45) is 0 Å². The molecule has 3 rings (SSSR count). The molecule has 6 nitrogen and oxygen atoms in total. The Balaban J connectivity index is 1.54. The van der Waals surface area contributed by atoms with E-state index in [4.69, 9.17) is 4.74 Å². The van der Waals surface area contributed by atoms with Crippen LogP contribution in [0.4, 0.5) is 10.1 Å². The standard InChI is InChI=1S/C24H25FN2O4S/c1-32(29,30)27(23-10-6-5-9-22(23)25)17-19-11-13-21(14-12-19)24(28)26-15-16-31-18-20-7-3-2-4-8-20/h2-14H,15-18H2,1H3,(H,26,28). The molecule has 3 aromatic rings. The van der Waals surface area contributed by atoms with Crippen LogP contribution in [-0.4, -0.2) is 33.7 Å². The second-order valence-corrected chi connectivity index (χ2v) is 9.12. The number of amides is 1. The first-order valence-electron chi connectivity index (χ1n) is 10.1. The Morgan fingerprint density at radius 2 is 1.59 bits per heavy atom. The first-order chi connectivity index (χ1) is 15.3. The minimum Gasteiger partial charge on any atom is -0.375 e. The van der Waals surface area contributed by atoms with Crippen molar-refractivity contribution in [1.29, 1.82) is 0 Å². The van der Waals surface area contributed by atoms with E-state index in [2.05, 4.69) is 5.32 Å². The molecule has 3 aromatic carbocycles. The van der Waals surface area contributed by atoms with Crippen LogP contribution in [0.1, 0.15) is 21.5 Å². The van der Waals surface area contributed by atoms with Gasteiger partial charge < -0.3 is 10.1 Å². The van der Waals surface area contributed by atoms with Gasteiger partial charge in [-0.3, -0.25) is 9.10 Å². The lowest BCUT2D eigenvalue weighted by Gasteiger charge is -2.23. The highest BCUT2D eigenvalue weighted by Gasteiger charge is 2.21. The van der Waals surface area contributed by atoms with Crippen LogP contribution in [0.5, 0.6) is 0 Å². The van der Waals surface area contributed by atoms with Gasteiger partial charge in [-0.1, -0.05) is 54.6 Å². The fourth-order valence-electron chi connectivity index (χ4n) is 3.07. The van der Waals surface area contributed by atoms with Crippen LogP contribution in [-0.2, 0) is 27.9 Å². The number of rotatable bonds is 10. The normalized spacial score (nSPS) is 11.2. The zero-order valence-corrected chi connectivity index (χ0v) is 18.5. The lowest BCUT2D eigenvalue weighted by molar-refractivity contribution is 0.0901. The summed E-state index contributed by atoms with van der Waals surface area (Å²) in [6, 6.07) is 22.0. The number of hydrogen-bond donors (Lipinski definition) is 1. The van der Waals surface area contributed by atoms with E-state index in [-0.39, 0.29) is 18.1 Å². The van der Waals surface area contributed by atoms with E-state index in [1.165, 1.54) is 18.2 Å². The van der Waals surface area contributed by atoms with Crippen molar-refractivity contribution < 1.29 is 22.3 Å². The highest BCUT2D eigenvalue weighted by Crippen LogP contribution is 2.23. The van der Waals surface area contributed by atoms with Gasteiger partial charge in [0.1, 0.15) is 5.82 Å². The molecule has 0 bridgehead atoms.